The number of rotatable bonds is 3. The van der Waals surface area contributed by atoms with E-state index in [-0.39, 0.29) is 35.3 Å². The van der Waals surface area contributed by atoms with Gasteiger partial charge in [-0.1, -0.05) is 0 Å². The fourth-order valence-electron chi connectivity index (χ4n) is 0.249. The van der Waals surface area contributed by atoms with Gasteiger partial charge in [-0.3, -0.25) is 9.79 Å². The second-order valence-electron chi connectivity index (χ2n) is 1.45. The van der Waals surface area contributed by atoms with Gasteiger partial charge >= 0.3 is 29.6 Å². The van der Waals surface area contributed by atoms with Crippen molar-refractivity contribution < 1.29 is 44.3 Å². The molecule has 0 saturated heterocycles. The van der Waals surface area contributed by atoms with Crippen LogP contribution in [0.15, 0.2) is 4.99 Å². The molecule has 0 saturated carbocycles. The van der Waals surface area contributed by atoms with Gasteiger partial charge in [0.2, 0.25) is 0 Å². The van der Waals surface area contributed by atoms with E-state index in [1.54, 1.807) is 0 Å². The summed E-state index contributed by atoms with van der Waals surface area (Å²) in [7, 11) is 0. The van der Waals surface area contributed by atoms with Gasteiger partial charge in [0.1, 0.15) is 0 Å². The van der Waals surface area contributed by atoms with Crippen molar-refractivity contribution in [3.63, 3.8) is 0 Å². The zero-order valence-electron chi connectivity index (χ0n) is 5.96. The molecular formula is C5H6NNaO3. The number of carboxylic acid groups (broad SMARTS) is 1. The third-order valence-corrected chi connectivity index (χ3v) is 0.493. The number of hydrogen-bond donors (Lipinski definition) is 0. The number of hydrogen-bond acceptors (Lipinski definition) is 4. The van der Waals surface area contributed by atoms with E-state index in [2.05, 4.69) is 4.99 Å². The zero-order valence-corrected chi connectivity index (χ0v) is 7.96. The van der Waals surface area contributed by atoms with Crippen molar-refractivity contribution in [1.82, 2.24) is 0 Å². The van der Waals surface area contributed by atoms with Gasteiger partial charge in [0.15, 0.2) is 5.78 Å². The van der Waals surface area contributed by atoms with Crippen molar-refractivity contribution in [3.05, 3.63) is 0 Å². The first kappa shape index (κ1) is 12.5. The molecule has 0 amide bonds. The summed E-state index contributed by atoms with van der Waals surface area (Å²) in [5, 5.41) is 9.64. The number of ketones is 1. The maximum absolute atomic E-state index is 10.1. The van der Waals surface area contributed by atoms with E-state index in [1.165, 1.54) is 6.92 Å². The number of Topliss-reactive ketones (excluding diaryl/α,β-unsaturated/α-hetero) is 1. The largest absolute Gasteiger partial charge is 1.00 e. The molecule has 0 aliphatic carbocycles. The summed E-state index contributed by atoms with van der Waals surface area (Å²) in [6.07, 6.45) is 0.954. The van der Waals surface area contributed by atoms with Crippen LogP contribution < -0.4 is 34.7 Å². The molecule has 5 heteroatoms. The van der Waals surface area contributed by atoms with Crippen molar-refractivity contribution in [3.8, 4) is 0 Å². The summed E-state index contributed by atoms with van der Waals surface area (Å²) in [6, 6.07) is 0. The minimum atomic E-state index is -1.28. The Balaban J connectivity index is 0. The van der Waals surface area contributed by atoms with Crippen LogP contribution in [0.2, 0.25) is 0 Å². The van der Waals surface area contributed by atoms with E-state index in [9.17, 15) is 14.7 Å². The molecule has 0 spiro atoms. The molecule has 0 aromatic carbocycles. The molecule has 0 aromatic heterocycles. The van der Waals surface area contributed by atoms with E-state index in [1.807, 2.05) is 0 Å². The van der Waals surface area contributed by atoms with Crippen LogP contribution in [0.5, 0.6) is 0 Å². The fourth-order valence-corrected chi connectivity index (χ4v) is 0.249. The van der Waals surface area contributed by atoms with E-state index in [4.69, 9.17) is 0 Å². The first-order chi connectivity index (χ1) is 4.13. The minimum Gasteiger partial charge on any atom is -0.548 e. The minimum absolute atomic E-state index is 0. The Bertz CT molecular complexity index is 155. The summed E-state index contributed by atoms with van der Waals surface area (Å²) in [6.45, 7) is 0.846. The van der Waals surface area contributed by atoms with E-state index >= 15 is 0 Å². The topological polar surface area (TPSA) is 69.6 Å². The van der Waals surface area contributed by atoms with Gasteiger partial charge in [-0.2, -0.15) is 0 Å². The SMILES string of the molecule is CC(=O)C=NCC(=O)[O-].[Na+]. The third-order valence-electron chi connectivity index (χ3n) is 0.493. The Kier molecular flexibility index (Phi) is 8.64. The van der Waals surface area contributed by atoms with Crippen molar-refractivity contribution >= 4 is 18.0 Å². The Morgan fingerprint density at radius 2 is 2.10 bits per heavy atom. The number of carbonyl (C=O) groups excluding carboxylic acids is 2. The second kappa shape index (κ2) is 6.92. The monoisotopic (exact) mass is 151 g/mol. The molecule has 0 radical (unpaired) electrons. The van der Waals surface area contributed by atoms with Gasteiger partial charge in [-0.25, -0.2) is 0 Å². The average Bonchev–Trinajstić information content (AvgIpc) is 1.63. The van der Waals surface area contributed by atoms with E-state index < -0.39 is 12.5 Å². The number of nitrogens with zero attached hydrogens (tertiary/aromatic N) is 1. The Hall–Kier alpha value is -0.190. The van der Waals surface area contributed by atoms with Crippen LogP contribution >= 0.6 is 0 Å². The summed E-state index contributed by atoms with van der Waals surface area (Å²) < 4.78 is 0. The number of carbonyl (C=O) groups is 2. The van der Waals surface area contributed by atoms with Crippen LogP contribution in [0.4, 0.5) is 0 Å². The molecule has 10 heavy (non-hydrogen) atoms. The van der Waals surface area contributed by atoms with Gasteiger partial charge in [0.25, 0.3) is 0 Å². The summed E-state index contributed by atoms with van der Waals surface area (Å²) in [4.78, 5) is 22.9. The molecule has 4 nitrogen and oxygen atoms in total. The van der Waals surface area contributed by atoms with Crippen LogP contribution in [0.1, 0.15) is 6.92 Å². The van der Waals surface area contributed by atoms with Gasteiger partial charge in [-0.15, -0.1) is 0 Å². The van der Waals surface area contributed by atoms with Crippen LogP contribution in [0.25, 0.3) is 0 Å². The first-order valence-electron chi connectivity index (χ1n) is 2.33. The number of carboxylic acids is 1. The molecule has 0 aliphatic heterocycles. The maximum Gasteiger partial charge on any atom is 1.00 e. The first-order valence-corrected chi connectivity index (χ1v) is 2.33. The molecule has 50 valence electrons. The van der Waals surface area contributed by atoms with E-state index in [0.717, 1.165) is 6.21 Å². The van der Waals surface area contributed by atoms with Crippen molar-refractivity contribution in [2.24, 2.45) is 4.99 Å². The number of aliphatic carboxylic acids is 1. The van der Waals surface area contributed by atoms with Gasteiger partial charge in [-0.05, 0) is 0 Å². The van der Waals surface area contributed by atoms with Crippen LogP contribution in [0, 0.1) is 0 Å². The molecule has 0 aromatic rings. The average molecular weight is 151 g/mol. The molecule has 0 unspecified atom stereocenters. The van der Waals surface area contributed by atoms with Gasteiger partial charge in [0.05, 0.1) is 18.7 Å². The molecule has 0 bridgehead atoms. The van der Waals surface area contributed by atoms with E-state index in [0.29, 0.717) is 0 Å². The molecule has 0 aliphatic rings. The molecule has 0 heterocycles. The second-order valence-corrected chi connectivity index (χ2v) is 1.45. The number of aliphatic imine (C=N–C) groups is 1. The zero-order chi connectivity index (χ0) is 7.28. The normalized spacial score (nSPS) is 8.90. The van der Waals surface area contributed by atoms with Gasteiger partial charge < -0.3 is 9.90 Å². The third kappa shape index (κ3) is 10.7. The Morgan fingerprint density at radius 3 is 2.40 bits per heavy atom. The summed E-state index contributed by atoms with van der Waals surface area (Å²) >= 11 is 0. The van der Waals surface area contributed by atoms with Crippen molar-refractivity contribution in [2.45, 2.75) is 6.92 Å². The quantitative estimate of drug-likeness (QED) is 0.301. The smallest absolute Gasteiger partial charge is 0.548 e. The standard InChI is InChI=1S/C5H7NO3.Na/c1-4(7)2-6-3-5(8)9;/h2H,3H2,1H3,(H,8,9);/q;+1/p-1. The molecule has 0 atom stereocenters. The maximum atomic E-state index is 10.1. The van der Waals surface area contributed by atoms with Crippen LogP contribution in [0.3, 0.4) is 0 Å². The molecule has 0 N–H and O–H groups in total. The van der Waals surface area contributed by atoms with Crippen molar-refractivity contribution in [2.75, 3.05) is 6.54 Å². The molecule has 0 fully saturated rings. The predicted octanol–water partition coefficient (Wildman–Crippen LogP) is -4.60. The Morgan fingerprint density at radius 1 is 1.60 bits per heavy atom. The molecule has 0 rings (SSSR count). The fraction of sp³-hybridized carbons (Fsp3) is 0.400. The van der Waals surface area contributed by atoms with Crippen molar-refractivity contribution in [1.29, 1.82) is 0 Å². The van der Waals surface area contributed by atoms with Crippen LogP contribution in [-0.2, 0) is 9.59 Å². The summed E-state index contributed by atoms with van der Waals surface area (Å²) in [5.74, 6) is -1.55. The van der Waals surface area contributed by atoms with Gasteiger partial charge in [0, 0.05) is 6.92 Å². The predicted molar refractivity (Wildman–Crippen MR) is 29.0 cm³/mol. The molecular weight excluding hydrogens is 145 g/mol. The Labute approximate surface area is 80.6 Å². The summed E-state index contributed by atoms with van der Waals surface area (Å²) in [5.41, 5.74) is 0. The van der Waals surface area contributed by atoms with Crippen LogP contribution in [-0.4, -0.2) is 24.5 Å².